The zero-order chi connectivity index (χ0) is 13.7. The maximum atomic E-state index is 8.89. The third-order valence-corrected chi connectivity index (χ3v) is 3.24. The fourth-order valence-electron chi connectivity index (χ4n) is 1.83. The second kappa shape index (κ2) is 6.63. The number of nitrogens with two attached hydrogens (primary N) is 1. The van der Waals surface area contributed by atoms with Gasteiger partial charge in [0.05, 0.1) is 22.7 Å². The quantitative estimate of drug-likeness (QED) is 0.888. The van der Waals surface area contributed by atoms with Crippen LogP contribution in [0.3, 0.4) is 0 Å². The van der Waals surface area contributed by atoms with Crippen LogP contribution in [0.15, 0.2) is 18.2 Å². The van der Waals surface area contributed by atoms with Gasteiger partial charge in [0.15, 0.2) is 0 Å². The number of nitriles is 1. The molecule has 0 spiro atoms. The van der Waals surface area contributed by atoms with Gasteiger partial charge in [0.25, 0.3) is 0 Å². The number of hydrogen-bond acceptors (Lipinski definition) is 3. The van der Waals surface area contributed by atoms with E-state index in [1.807, 2.05) is 32.0 Å². The summed E-state index contributed by atoms with van der Waals surface area (Å²) in [6, 6.07) is 8.10. The summed E-state index contributed by atoms with van der Waals surface area (Å²) in [5.74, 6) is -0.0193. The first kappa shape index (κ1) is 14.8. The largest absolute Gasteiger partial charge is 0.369 e. The molecule has 0 fully saturated rings. The highest BCUT2D eigenvalue weighted by Crippen LogP contribution is 2.29. The van der Waals surface area contributed by atoms with Gasteiger partial charge in [-0.3, -0.25) is 0 Å². The van der Waals surface area contributed by atoms with Crippen LogP contribution in [-0.2, 0) is 0 Å². The lowest BCUT2D eigenvalue weighted by Crippen LogP contribution is -2.28. The molecule has 0 radical (unpaired) electrons. The molecule has 0 bridgehead atoms. The Morgan fingerprint density at radius 1 is 1.44 bits per heavy atom. The predicted octanol–water partition coefficient (Wildman–Crippen LogP) is 3.35. The van der Waals surface area contributed by atoms with E-state index in [1.54, 1.807) is 0 Å². The smallest absolute Gasteiger partial charge is 0.0671 e. The van der Waals surface area contributed by atoms with Gasteiger partial charge < -0.3 is 10.6 Å². The molecule has 0 saturated carbocycles. The molecular formula is C14H20ClN3. The van der Waals surface area contributed by atoms with E-state index < -0.39 is 0 Å². The molecule has 98 valence electrons. The first-order valence-electron chi connectivity index (χ1n) is 6.19. The van der Waals surface area contributed by atoms with Gasteiger partial charge in [-0.05, 0) is 38.5 Å². The van der Waals surface area contributed by atoms with Crippen LogP contribution in [0.25, 0.3) is 0 Å². The fourth-order valence-corrected chi connectivity index (χ4v) is 2.14. The van der Waals surface area contributed by atoms with Crippen molar-refractivity contribution >= 4 is 17.3 Å². The number of nitrogens with zero attached hydrogens (tertiary/aromatic N) is 2. The highest BCUT2D eigenvalue weighted by Gasteiger charge is 2.13. The Labute approximate surface area is 114 Å². The lowest BCUT2D eigenvalue weighted by molar-refractivity contribution is 0.686. The minimum Gasteiger partial charge on any atom is -0.369 e. The first-order valence-corrected chi connectivity index (χ1v) is 6.57. The van der Waals surface area contributed by atoms with Crippen molar-refractivity contribution < 1.29 is 0 Å². The number of hydrogen-bond donors (Lipinski definition) is 1. The van der Waals surface area contributed by atoms with Gasteiger partial charge in [0.1, 0.15) is 0 Å². The molecule has 0 amide bonds. The molecule has 2 unspecified atom stereocenters. The van der Waals surface area contributed by atoms with Gasteiger partial charge in [0.2, 0.25) is 0 Å². The van der Waals surface area contributed by atoms with Crippen molar-refractivity contribution in [3.8, 4) is 6.07 Å². The van der Waals surface area contributed by atoms with Crippen molar-refractivity contribution in [3.63, 3.8) is 0 Å². The van der Waals surface area contributed by atoms with Crippen molar-refractivity contribution in [3.05, 3.63) is 28.8 Å². The van der Waals surface area contributed by atoms with Gasteiger partial charge in [-0.25, -0.2) is 0 Å². The SMILES string of the molecule is CCN(CC(C)C#N)c1ccc(C(C)N)cc1Cl. The average molecular weight is 266 g/mol. The standard InChI is InChI=1S/C14H20ClN3/c1-4-18(9-10(2)8-16)14-6-5-12(11(3)17)7-13(14)15/h5-7,10-11H,4,9,17H2,1-3H3. The number of rotatable bonds is 5. The summed E-state index contributed by atoms with van der Waals surface area (Å²) < 4.78 is 0. The predicted molar refractivity (Wildman–Crippen MR) is 76.7 cm³/mol. The summed E-state index contributed by atoms with van der Waals surface area (Å²) in [4.78, 5) is 2.11. The van der Waals surface area contributed by atoms with Gasteiger partial charge in [-0.2, -0.15) is 5.26 Å². The van der Waals surface area contributed by atoms with Crippen LogP contribution in [0.2, 0.25) is 5.02 Å². The Balaban J connectivity index is 2.97. The third-order valence-electron chi connectivity index (χ3n) is 2.93. The van der Waals surface area contributed by atoms with E-state index in [9.17, 15) is 0 Å². The van der Waals surface area contributed by atoms with Crippen molar-refractivity contribution in [1.82, 2.24) is 0 Å². The molecule has 1 aromatic rings. The van der Waals surface area contributed by atoms with E-state index in [0.717, 1.165) is 17.8 Å². The lowest BCUT2D eigenvalue weighted by atomic mass is 10.1. The summed E-state index contributed by atoms with van der Waals surface area (Å²) >= 11 is 6.29. The van der Waals surface area contributed by atoms with Crippen LogP contribution in [0.1, 0.15) is 32.4 Å². The van der Waals surface area contributed by atoms with E-state index in [2.05, 4.69) is 17.9 Å². The molecule has 3 nitrogen and oxygen atoms in total. The summed E-state index contributed by atoms with van der Waals surface area (Å²) in [5.41, 5.74) is 7.81. The zero-order valence-corrected chi connectivity index (χ0v) is 11.9. The number of halogens is 1. The molecule has 0 aliphatic rings. The molecule has 0 heterocycles. The van der Waals surface area contributed by atoms with Gasteiger partial charge in [-0.1, -0.05) is 17.7 Å². The van der Waals surface area contributed by atoms with E-state index >= 15 is 0 Å². The van der Waals surface area contributed by atoms with Crippen LogP contribution in [-0.4, -0.2) is 13.1 Å². The maximum absolute atomic E-state index is 8.89. The van der Waals surface area contributed by atoms with Crippen molar-refractivity contribution in [2.24, 2.45) is 11.7 Å². The molecule has 4 heteroatoms. The number of benzene rings is 1. The average Bonchev–Trinajstić information content (AvgIpc) is 2.35. The van der Waals surface area contributed by atoms with Crippen molar-refractivity contribution in [1.29, 1.82) is 5.26 Å². The third kappa shape index (κ3) is 3.63. The molecule has 1 rings (SSSR count). The Morgan fingerprint density at radius 3 is 2.56 bits per heavy atom. The zero-order valence-electron chi connectivity index (χ0n) is 11.2. The molecular weight excluding hydrogens is 246 g/mol. The summed E-state index contributed by atoms with van der Waals surface area (Å²) in [7, 11) is 0. The minimum absolute atomic E-state index is 0.0193. The Kier molecular flexibility index (Phi) is 5.46. The molecule has 0 aliphatic carbocycles. The van der Waals surface area contributed by atoms with Crippen LogP contribution < -0.4 is 10.6 Å². The van der Waals surface area contributed by atoms with Crippen LogP contribution in [0, 0.1) is 17.2 Å². The minimum atomic E-state index is -0.0235. The molecule has 2 N–H and O–H groups in total. The van der Waals surface area contributed by atoms with E-state index in [1.165, 1.54) is 0 Å². The Morgan fingerprint density at radius 2 is 2.11 bits per heavy atom. The molecule has 0 aromatic heterocycles. The van der Waals surface area contributed by atoms with Crippen LogP contribution in [0.5, 0.6) is 0 Å². The van der Waals surface area contributed by atoms with Gasteiger partial charge in [0, 0.05) is 19.1 Å². The molecule has 2 atom stereocenters. The topological polar surface area (TPSA) is 53.0 Å². The fraction of sp³-hybridized carbons (Fsp3) is 0.500. The molecule has 0 aliphatic heterocycles. The van der Waals surface area contributed by atoms with Crippen LogP contribution >= 0.6 is 11.6 Å². The van der Waals surface area contributed by atoms with Crippen LogP contribution in [0.4, 0.5) is 5.69 Å². The van der Waals surface area contributed by atoms with Gasteiger partial charge >= 0.3 is 0 Å². The second-order valence-electron chi connectivity index (χ2n) is 4.57. The van der Waals surface area contributed by atoms with Crippen molar-refractivity contribution in [2.75, 3.05) is 18.0 Å². The van der Waals surface area contributed by atoms with E-state index in [0.29, 0.717) is 11.6 Å². The summed E-state index contributed by atoms with van der Waals surface area (Å²) in [6.45, 7) is 7.40. The molecule has 18 heavy (non-hydrogen) atoms. The molecule has 1 aromatic carbocycles. The van der Waals surface area contributed by atoms with E-state index in [-0.39, 0.29) is 12.0 Å². The summed E-state index contributed by atoms with van der Waals surface area (Å²) in [6.07, 6.45) is 0. The van der Waals surface area contributed by atoms with Crippen molar-refractivity contribution in [2.45, 2.75) is 26.8 Å². The maximum Gasteiger partial charge on any atom is 0.0671 e. The molecule has 0 saturated heterocycles. The summed E-state index contributed by atoms with van der Waals surface area (Å²) in [5, 5.41) is 9.58. The normalized spacial score (nSPS) is 13.8. The highest BCUT2D eigenvalue weighted by atomic mass is 35.5. The lowest BCUT2D eigenvalue weighted by Gasteiger charge is -2.25. The number of anilines is 1. The monoisotopic (exact) mass is 265 g/mol. The Bertz CT molecular complexity index is 437. The Hall–Kier alpha value is -1.24. The highest BCUT2D eigenvalue weighted by molar-refractivity contribution is 6.33. The first-order chi connectivity index (χ1) is 8.49. The van der Waals surface area contributed by atoms with Gasteiger partial charge in [-0.15, -0.1) is 0 Å². The van der Waals surface area contributed by atoms with E-state index in [4.69, 9.17) is 22.6 Å². The second-order valence-corrected chi connectivity index (χ2v) is 4.98.